The molecule has 0 fully saturated rings. The number of aryl methyl sites for hydroxylation is 1. The summed E-state index contributed by atoms with van der Waals surface area (Å²) in [5, 5.41) is 15.0. The molecule has 2 N–H and O–H groups in total. The molecule has 0 atom stereocenters. The maximum Gasteiger partial charge on any atom is 0.416 e. The summed E-state index contributed by atoms with van der Waals surface area (Å²) in [7, 11) is 0. The molecule has 10 heteroatoms. The lowest BCUT2D eigenvalue weighted by Gasteiger charge is -2.17. The van der Waals surface area contributed by atoms with Crippen molar-refractivity contribution in [2.75, 3.05) is 6.54 Å². The first-order valence-electron chi connectivity index (χ1n) is 15.3. The molecule has 252 valence electrons. The number of hydrogen-bond donors (Lipinski definition) is 2. The van der Waals surface area contributed by atoms with E-state index in [4.69, 9.17) is 4.74 Å². The number of allylic oxidation sites excluding steroid dienone is 2. The number of aromatic hydroxyl groups is 1. The largest absolute Gasteiger partial charge is 0.507 e. The van der Waals surface area contributed by atoms with Crippen LogP contribution in [0.15, 0.2) is 91.0 Å². The number of ether oxygens (including phenoxy) is 1. The van der Waals surface area contributed by atoms with Gasteiger partial charge in [-0.25, -0.2) is 0 Å². The molecule has 0 saturated carbocycles. The highest BCUT2D eigenvalue weighted by atomic mass is 19.4. The van der Waals surface area contributed by atoms with E-state index < -0.39 is 36.0 Å². The van der Waals surface area contributed by atoms with Gasteiger partial charge in [0, 0.05) is 22.9 Å². The van der Waals surface area contributed by atoms with Crippen LogP contribution in [0.4, 0.5) is 26.3 Å². The first kappa shape index (κ1) is 35.9. The molecule has 0 bridgehead atoms. The number of hydrogen-bond acceptors (Lipinski definition) is 3. The predicted octanol–water partition coefficient (Wildman–Crippen LogP) is 8.59. The predicted molar refractivity (Wildman–Crippen MR) is 175 cm³/mol. The van der Waals surface area contributed by atoms with Crippen molar-refractivity contribution in [3.63, 3.8) is 0 Å². The van der Waals surface area contributed by atoms with Crippen LogP contribution in [0, 0.1) is 0 Å². The summed E-state index contributed by atoms with van der Waals surface area (Å²) in [6, 6.07) is 18.8. The first-order valence-corrected chi connectivity index (χ1v) is 15.3. The SMILES string of the molecule is C\C=C/C=c1/cc(-c2ccc(C(=O)NCCCc3ccccc3)cc2OCc2cc(C(F)(F)F)cc(C(F)(F)F)c2)cc(O)/c1=C\CC. The smallest absolute Gasteiger partial charge is 0.416 e. The molecule has 0 heterocycles. The number of amides is 1. The van der Waals surface area contributed by atoms with Crippen LogP contribution in [0.5, 0.6) is 11.5 Å². The summed E-state index contributed by atoms with van der Waals surface area (Å²) in [4.78, 5) is 13.1. The van der Waals surface area contributed by atoms with E-state index in [1.165, 1.54) is 12.1 Å². The summed E-state index contributed by atoms with van der Waals surface area (Å²) in [5.74, 6) is -0.443. The Morgan fingerprint density at radius 3 is 2.19 bits per heavy atom. The zero-order chi connectivity index (χ0) is 34.9. The van der Waals surface area contributed by atoms with Crippen LogP contribution < -0.4 is 20.5 Å². The van der Waals surface area contributed by atoms with Crippen molar-refractivity contribution in [1.82, 2.24) is 5.32 Å². The number of phenols is 1. The molecular weight excluding hydrogens is 632 g/mol. The van der Waals surface area contributed by atoms with Crippen molar-refractivity contribution in [3.8, 4) is 22.6 Å². The lowest BCUT2D eigenvalue weighted by atomic mass is 9.99. The molecule has 0 radical (unpaired) electrons. The van der Waals surface area contributed by atoms with E-state index in [1.807, 2.05) is 56.3 Å². The van der Waals surface area contributed by atoms with Gasteiger partial charge in [-0.3, -0.25) is 4.79 Å². The fourth-order valence-corrected chi connectivity index (χ4v) is 5.11. The third-order valence-corrected chi connectivity index (χ3v) is 7.43. The van der Waals surface area contributed by atoms with Crippen molar-refractivity contribution in [2.24, 2.45) is 0 Å². The number of carbonyl (C=O) groups excluding carboxylic acids is 1. The van der Waals surface area contributed by atoms with Crippen LogP contribution in [-0.2, 0) is 25.4 Å². The Morgan fingerprint density at radius 1 is 0.875 bits per heavy atom. The Kier molecular flexibility index (Phi) is 11.8. The molecule has 0 aliphatic rings. The number of carbonyl (C=O) groups is 1. The third kappa shape index (κ3) is 9.53. The third-order valence-electron chi connectivity index (χ3n) is 7.43. The zero-order valence-electron chi connectivity index (χ0n) is 26.4. The van der Waals surface area contributed by atoms with E-state index in [0.29, 0.717) is 53.1 Å². The summed E-state index contributed by atoms with van der Waals surface area (Å²) in [5.41, 5.74) is -1.17. The number of halogens is 6. The van der Waals surface area contributed by atoms with Crippen molar-refractivity contribution >= 4 is 18.1 Å². The fraction of sp³-hybridized carbons (Fsp3) is 0.237. The van der Waals surface area contributed by atoms with Crippen LogP contribution in [0.1, 0.15) is 59.3 Å². The van der Waals surface area contributed by atoms with Gasteiger partial charge in [-0.2, -0.15) is 26.3 Å². The van der Waals surface area contributed by atoms with Gasteiger partial charge in [0.1, 0.15) is 18.1 Å². The molecular formula is C38H35F6NO3. The monoisotopic (exact) mass is 667 g/mol. The molecule has 4 rings (SSSR count). The van der Waals surface area contributed by atoms with E-state index in [1.54, 1.807) is 30.4 Å². The van der Waals surface area contributed by atoms with E-state index in [0.717, 1.165) is 12.0 Å². The number of phenolic OH excluding ortho intramolecular Hbond substituents is 1. The maximum atomic E-state index is 13.5. The van der Waals surface area contributed by atoms with Gasteiger partial charge in [0.15, 0.2) is 0 Å². The minimum absolute atomic E-state index is 0.0292. The average molecular weight is 668 g/mol. The molecule has 4 aromatic rings. The number of rotatable bonds is 11. The van der Waals surface area contributed by atoms with Crippen LogP contribution in [0.3, 0.4) is 0 Å². The molecule has 48 heavy (non-hydrogen) atoms. The fourth-order valence-electron chi connectivity index (χ4n) is 5.11. The Balaban J connectivity index is 1.72. The first-order chi connectivity index (χ1) is 22.8. The van der Waals surface area contributed by atoms with Crippen molar-refractivity contribution < 1.29 is 41.0 Å². The van der Waals surface area contributed by atoms with Gasteiger partial charge in [-0.1, -0.05) is 61.6 Å². The van der Waals surface area contributed by atoms with Gasteiger partial charge in [0.25, 0.3) is 5.91 Å². The van der Waals surface area contributed by atoms with E-state index in [9.17, 15) is 36.2 Å². The van der Waals surface area contributed by atoms with Crippen molar-refractivity contribution in [3.05, 3.63) is 129 Å². The molecule has 0 aromatic heterocycles. The lowest BCUT2D eigenvalue weighted by Crippen LogP contribution is -2.25. The molecule has 1 amide bonds. The number of alkyl halides is 6. The molecule has 0 unspecified atom stereocenters. The minimum atomic E-state index is -5.02. The highest BCUT2D eigenvalue weighted by Crippen LogP contribution is 2.37. The van der Waals surface area contributed by atoms with Gasteiger partial charge in [0.05, 0.1) is 11.1 Å². The summed E-state index contributed by atoms with van der Waals surface area (Å²) in [6.07, 6.45) is -0.738. The van der Waals surface area contributed by atoms with Crippen LogP contribution in [-0.4, -0.2) is 17.6 Å². The minimum Gasteiger partial charge on any atom is -0.507 e. The van der Waals surface area contributed by atoms with E-state index in [-0.39, 0.29) is 28.7 Å². The average Bonchev–Trinajstić information content (AvgIpc) is 3.05. The Hall–Kier alpha value is -4.99. The Labute approximate surface area is 274 Å². The molecule has 0 saturated heterocycles. The normalized spacial score (nSPS) is 12.9. The summed E-state index contributed by atoms with van der Waals surface area (Å²) < 4.78 is 87.0. The van der Waals surface area contributed by atoms with Crippen molar-refractivity contribution in [1.29, 1.82) is 0 Å². The second-order valence-electron chi connectivity index (χ2n) is 11.1. The standard InChI is InChI=1S/C38H35F6NO3/c1-3-5-14-27-20-29(21-34(46)32(27)10-4-2)33-16-15-28(36(47)45-17-9-13-25-11-7-6-8-12-25)22-35(33)48-24-26-18-30(37(39,40)41)23-31(19-26)38(42,43)44/h3,5-8,10-12,14-16,18-23,46H,4,9,13,17,24H2,1-2H3,(H,45,47)/b5-3-,27-14-,32-10-. The molecule has 4 aromatic carbocycles. The maximum absolute atomic E-state index is 13.5. The van der Waals surface area contributed by atoms with Gasteiger partial charge >= 0.3 is 12.4 Å². The Bertz CT molecular complexity index is 1850. The molecule has 0 aliphatic carbocycles. The Morgan fingerprint density at radius 2 is 1.56 bits per heavy atom. The molecule has 0 aliphatic heterocycles. The summed E-state index contributed by atoms with van der Waals surface area (Å²) >= 11 is 0. The summed E-state index contributed by atoms with van der Waals surface area (Å²) in [6.45, 7) is 3.46. The van der Waals surface area contributed by atoms with E-state index in [2.05, 4.69) is 5.32 Å². The van der Waals surface area contributed by atoms with E-state index >= 15 is 0 Å². The topological polar surface area (TPSA) is 58.6 Å². The molecule has 0 spiro atoms. The second-order valence-corrected chi connectivity index (χ2v) is 11.1. The van der Waals surface area contributed by atoms with Gasteiger partial charge in [-0.15, -0.1) is 0 Å². The van der Waals surface area contributed by atoms with Gasteiger partial charge in [-0.05, 0) is 96.6 Å². The highest BCUT2D eigenvalue weighted by molar-refractivity contribution is 5.95. The van der Waals surface area contributed by atoms with Crippen LogP contribution in [0.2, 0.25) is 0 Å². The quantitative estimate of drug-likeness (QED) is 0.125. The van der Waals surface area contributed by atoms with Gasteiger partial charge in [0.2, 0.25) is 0 Å². The van der Waals surface area contributed by atoms with Crippen LogP contribution >= 0.6 is 0 Å². The highest BCUT2D eigenvalue weighted by Gasteiger charge is 2.37. The second kappa shape index (κ2) is 15.7. The lowest BCUT2D eigenvalue weighted by molar-refractivity contribution is -0.143. The van der Waals surface area contributed by atoms with Crippen molar-refractivity contribution in [2.45, 2.75) is 52.1 Å². The number of benzene rings is 4. The molecule has 4 nitrogen and oxygen atoms in total. The van der Waals surface area contributed by atoms with Crippen LogP contribution in [0.25, 0.3) is 23.3 Å². The zero-order valence-corrected chi connectivity index (χ0v) is 26.4. The number of nitrogens with one attached hydrogen (secondary N) is 1. The van der Waals surface area contributed by atoms with Gasteiger partial charge < -0.3 is 15.2 Å².